The zero-order chi connectivity index (χ0) is 20.5. The predicted octanol–water partition coefficient (Wildman–Crippen LogP) is 4.52. The molecule has 7 heteroatoms. The van der Waals surface area contributed by atoms with Crippen molar-refractivity contribution in [1.29, 1.82) is 0 Å². The number of hydrogen-bond donors (Lipinski definition) is 1. The number of urea groups is 1. The van der Waals surface area contributed by atoms with Crippen molar-refractivity contribution in [2.75, 3.05) is 20.1 Å². The molecule has 4 rings (SSSR count). The normalized spacial score (nSPS) is 20.9. The van der Waals surface area contributed by atoms with Crippen LogP contribution in [0.2, 0.25) is 5.02 Å². The summed E-state index contributed by atoms with van der Waals surface area (Å²) in [6, 6.07) is 9.93. The van der Waals surface area contributed by atoms with Crippen molar-refractivity contribution in [2.24, 2.45) is 0 Å². The van der Waals surface area contributed by atoms with Gasteiger partial charge in [-0.1, -0.05) is 29.8 Å². The molecular formula is C22H24ClF2N3O. The maximum Gasteiger partial charge on any atom is 0.317 e. The van der Waals surface area contributed by atoms with Crippen LogP contribution in [0.25, 0.3) is 0 Å². The van der Waals surface area contributed by atoms with Crippen molar-refractivity contribution in [3.8, 4) is 0 Å². The largest absolute Gasteiger partial charge is 0.331 e. The third-order valence-electron chi connectivity index (χ3n) is 6.00. The van der Waals surface area contributed by atoms with E-state index in [0.29, 0.717) is 25.2 Å². The van der Waals surface area contributed by atoms with E-state index >= 15 is 0 Å². The second kappa shape index (κ2) is 8.28. The van der Waals surface area contributed by atoms with Crippen LogP contribution in [-0.2, 0) is 13.0 Å². The zero-order valence-electron chi connectivity index (χ0n) is 16.3. The molecule has 2 amide bonds. The predicted molar refractivity (Wildman–Crippen MR) is 109 cm³/mol. The zero-order valence-corrected chi connectivity index (χ0v) is 17.1. The number of hydrogen-bond acceptors (Lipinski definition) is 2. The van der Waals surface area contributed by atoms with Gasteiger partial charge >= 0.3 is 6.03 Å². The Kier molecular flexibility index (Phi) is 5.74. The van der Waals surface area contributed by atoms with Crippen molar-refractivity contribution in [3.63, 3.8) is 0 Å². The minimum absolute atomic E-state index is 0.00447. The van der Waals surface area contributed by atoms with Gasteiger partial charge in [-0.15, -0.1) is 0 Å². The van der Waals surface area contributed by atoms with Gasteiger partial charge in [-0.2, -0.15) is 0 Å². The number of carbonyl (C=O) groups is 1. The van der Waals surface area contributed by atoms with Gasteiger partial charge in [0.15, 0.2) is 11.6 Å². The fourth-order valence-electron chi connectivity index (χ4n) is 4.34. The molecule has 154 valence electrons. The van der Waals surface area contributed by atoms with Gasteiger partial charge in [0.2, 0.25) is 0 Å². The van der Waals surface area contributed by atoms with Crippen LogP contribution < -0.4 is 5.32 Å². The Labute approximate surface area is 174 Å². The summed E-state index contributed by atoms with van der Waals surface area (Å²) in [5.41, 5.74) is 2.95. The van der Waals surface area contributed by atoms with Crippen LogP contribution in [0.5, 0.6) is 0 Å². The monoisotopic (exact) mass is 419 g/mol. The first-order valence-electron chi connectivity index (χ1n) is 9.89. The van der Waals surface area contributed by atoms with Crippen LogP contribution in [0.15, 0.2) is 36.4 Å². The van der Waals surface area contributed by atoms with Gasteiger partial charge < -0.3 is 10.2 Å². The number of nitrogens with one attached hydrogen (secondary N) is 1. The van der Waals surface area contributed by atoms with Crippen molar-refractivity contribution in [1.82, 2.24) is 15.1 Å². The molecule has 1 fully saturated rings. The SMILES string of the molecule is CN(Cc1ccc(F)c(F)c1)C1CCN(C(=O)NC2CCc3c(Cl)cccc32)C1. The molecule has 1 saturated heterocycles. The highest BCUT2D eigenvalue weighted by Crippen LogP contribution is 2.35. The lowest BCUT2D eigenvalue weighted by Crippen LogP contribution is -2.42. The molecule has 2 aliphatic rings. The Bertz CT molecular complexity index is 923. The van der Waals surface area contributed by atoms with Gasteiger partial charge in [0.25, 0.3) is 0 Å². The van der Waals surface area contributed by atoms with Crippen LogP contribution in [-0.4, -0.2) is 42.0 Å². The number of amides is 2. The van der Waals surface area contributed by atoms with E-state index in [2.05, 4.69) is 10.2 Å². The average molecular weight is 420 g/mol. The highest BCUT2D eigenvalue weighted by Gasteiger charge is 2.32. The third kappa shape index (κ3) is 4.23. The first kappa shape index (κ1) is 20.1. The maximum absolute atomic E-state index is 13.4. The van der Waals surface area contributed by atoms with Gasteiger partial charge in [0, 0.05) is 30.7 Å². The number of carbonyl (C=O) groups excluding carboxylic acids is 1. The van der Waals surface area contributed by atoms with E-state index < -0.39 is 11.6 Å². The Morgan fingerprint density at radius 1 is 1.24 bits per heavy atom. The summed E-state index contributed by atoms with van der Waals surface area (Å²) in [6.45, 7) is 1.79. The molecule has 0 saturated carbocycles. The van der Waals surface area contributed by atoms with Crippen LogP contribution in [0.1, 0.15) is 35.6 Å². The summed E-state index contributed by atoms with van der Waals surface area (Å²) in [4.78, 5) is 16.7. The molecule has 0 spiro atoms. The number of benzene rings is 2. The molecule has 1 heterocycles. The minimum Gasteiger partial charge on any atom is -0.331 e. The molecule has 2 unspecified atom stereocenters. The first-order valence-corrected chi connectivity index (χ1v) is 10.3. The van der Waals surface area contributed by atoms with E-state index in [-0.39, 0.29) is 18.1 Å². The molecule has 2 atom stereocenters. The summed E-state index contributed by atoms with van der Waals surface area (Å²) in [5.74, 6) is -1.67. The van der Waals surface area contributed by atoms with Crippen LogP contribution in [0.4, 0.5) is 13.6 Å². The topological polar surface area (TPSA) is 35.6 Å². The summed E-state index contributed by atoms with van der Waals surface area (Å²) in [7, 11) is 1.95. The van der Waals surface area contributed by atoms with Gasteiger partial charge in [-0.3, -0.25) is 4.90 Å². The molecule has 1 aliphatic heterocycles. The Hall–Kier alpha value is -2.18. The summed E-state index contributed by atoms with van der Waals surface area (Å²) in [6.07, 6.45) is 2.58. The number of likely N-dealkylation sites (N-methyl/N-ethyl adjacent to an activating group) is 1. The molecular weight excluding hydrogens is 396 g/mol. The van der Waals surface area contributed by atoms with Crippen molar-refractivity contribution in [2.45, 2.75) is 37.9 Å². The fraction of sp³-hybridized carbons (Fsp3) is 0.409. The molecule has 1 N–H and O–H groups in total. The third-order valence-corrected chi connectivity index (χ3v) is 6.36. The second-order valence-electron chi connectivity index (χ2n) is 7.90. The van der Waals surface area contributed by atoms with Crippen molar-refractivity contribution < 1.29 is 13.6 Å². The first-order chi connectivity index (χ1) is 13.9. The van der Waals surface area contributed by atoms with E-state index in [4.69, 9.17) is 11.6 Å². The van der Waals surface area contributed by atoms with E-state index in [1.165, 1.54) is 6.07 Å². The van der Waals surface area contributed by atoms with E-state index in [1.807, 2.05) is 30.1 Å². The Balaban J connectivity index is 1.33. The second-order valence-corrected chi connectivity index (χ2v) is 8.31. The maximum atomic E-state index is 13.4. The molecule has 4 nitrogen and oxygen atoms in total. The summed E-state index contributed by atoms with van der Waals surface area (Å²) >= 11 is 6.26. The minimum atomic E-state index is -0.838. The van der Waals surface area contributed by atoms with Gasteiger partial charge in [0.05, 0.1) is 6.04 Å². The Morgan fingerprint density at radius 2 is 2.07 bits per heavy atom. The van der Waals surface area contributed by atoms with Gasteiger partial charge in [0.1, 0.15) is 0 Å². The van der Waals surface area contributed by atoms with Crippen molar-refractivity contribution >= 4 is 17.6 Å². The van der Waals surface area contributed by atoms with Crippen LogP contribution >= 0.6 is 11.6 Å². The van der Waals surface area contributed by atoms with Gasteiger partial charge in [-0.05, 0) is 61.2 Å². The highest BCUT2D eigenvalue weighted by molar-refractivity contribution is 6.31. The lowest BCUT2D eigenvalue weighted by molar-refractivity contribution is 0.193. The molecule has 2 aromatic carbocycles. The fourth-order valence-corrected chi connectivity index (χ4v) is 4.62. The van der Waals surface area contributed by atoms with Crippen molar-refractivity contribution in [3.05, 3.63) is 69.7 Å². The van der Waals surface area contributed by atoms with Crippen LogP contribution in [0.3, 0.4) is 0 Å². The molecule has 0 radical (unpaired) electrons. The number of nitrogens with zero attached hydrogens (tertiary/aromatic N) is 2. The van der Waals surface area contributed by atoms with E-state index in [9.17, 15) is 13.6 Å². The molecule has 1 aliphatic carbocycles. The summed E-state index contributed by atoms with van der Waals surface area (Å²) in [5, 5.41) is 3.91. The summed E-state index contributed by atoms with van der Waals surface area (Å²) < 4.78 is 26.5. The van der Waals surface area contributed by atoms with Crippen LogP contribution in [0, 0.1) is 11.6 Å². The standard InChI is InChI=1S/C22H24ClF2N3O/c1-27(12-14-5-7-19(24)20(25)11-14)15-9-10-28(13-15)22(29)26-21-8-6-16-17(21)3-2-4-18(16)23/h2-5,7,11,15,21H,6,8-10,12-13H2,1H3,(H,26,29). The molecule has 2 aromatic rings. The molecule has 29 heavy (non-hydrogen) atoms. The number of halogens is 3. The lowest BCUT2D eigenvalue weighted by Gasteiger charge is -2.25. The highest BCUT2D eigenvalue weighted by atomic mass is 35.5. The number of rotatable bonds is 4. The Morgan fingerprint density at radius 3 is 2.86 bits per heavy atom. The number of likely N-dealkylation sites (tertiary alicyclic amines) is 1. The average Bonchev–Trinajstić information content (AvgIpc) is 3.33. The van der Waals surface area contributed by atoms with E-state index in [1.54, 1.807) is 6.07 Å². The lowest BCUT2D eigenvalue weighted by atomic mass is 10.1. The molecule has 0 bridgehead atoms. The van der Waals surface area contributed by atoms with Gasteiger partial charge in [-0.25, -0.2) is 13.6 Å². The smallest absolute Gasteiger partial charge is 0.317 e. The number of fused-ring (bicyclic) bond motifs is 1. The quantitative estimate of drug-likeness (QED) is 0.790. The molecule has 0 aromatic heterocycles. The van der Waals surface area contributed by atoms with E-state index in [0.717, 1.165) is 41.5 Å².